The maximum absolute atomic E-state index is 12.2. The molecule has 0 radical (unpaired) electrons. The summed E-state index contributed by atoms with van der Waals surface area (Å²) in [7, 11) is 0. The number of halogens is 1. The lowest BCUT2D eigenvalue weighted by Crippen LogP contribution is -2.38. The molecule has 0 bridgehead atoms. The van der Waals surface area contributed by atoms with Crippen molar-refractivity contribution >= 4 is 23.2 Å². The smallest absolute Gasteiger partial charge is 0.238 e. The third kappa shape index (κ3) is 4.80. The minimum absolute atomic E-state index is 0.0133. The summed E-state index contributed by atoms with van der Waals surface area (Å²) in [6.45, 7) is 6.16. The van der Waals surface area contributed by atoms with Gasteiger partial charge in [-0.2, -0.15) is 0 Å². The quantitative estimate of drug-likeness (QED) is 0.878. The highest BCUT2D eigenvalue weighted by Crippen LogP contribution is 2.28. The summed E-state index contributed by atoms with van der Waals surface area (Å²) in [5, 5.41) is 11.8. The Morgan fingerprint density at radius 1 is 1.28 bits per heavy atom. The first-order chi connectivity index (χ1) is 12.0. The van der Waals surface area contributed by atoms with Gasteiger partial charge in [-0.1, -0.05) is 25.4 Å². The van der Waals surface area contributed by atoms with Crippen LogP contribution in [0.25, 0.3) is 0 Å². The summed E-state index contributed by atoms with van der Waals surface area (Å²) in [4.78, 5) is 14.3. The van der Waals surface area contributed by atoms with Gasteiger partial charge in [-0.3, -0.25) is 9.69 Å². The van der Waals surface area contributed by atoms with Crippen molar-refractivity contribution in [2.45, 2.75) is 38.5 Å². The molecule has 0 saturated carbocycles. The molecule has 1 N–H and O–H groups in total. The van der Waals surface area contributed by atoms with Crippen LogP contribution < -0.4 is 5.32 Å². The van der Waals surface area contributed by atoms with Crippen LogP contribution in [0, 0.1) is 0 Å². The molecule has 1 aromatic heterocycles. The number of likely N-dealkylation sites (tertiary alicyclic amines) is 1. The molecule has 7 heteroatoms. The van der Waals surface area contributed by atoms with Gasteiger partial charge in [-0.15, -0.1) is 10.2 Å². The van der Waals surface area contributed by atoms with Crippen LogP contribution in [0.3, 0.4) is 0 Å². The Hall–Kier alpha value is -1.92. The number of piperidine rings is 1. The lowest BCUT2D eigenvalue weighted by Gasteiger charge is -2.29. The molecule has 1 saturated heterocycles. The Labute approximate surface area is 152 Å². The number of anilines is 1. The van der Waals surface area contributed by atoms with Gasteiger partial charge in [0.15, 0.2) is 0 Å². The van der Waals surface area contributed by atoms with E-state index < -0.39 is 0 Å². The summed E-state index contributed by atoms with van der Waals surface area (Å²) in [5.74, 6) is 1.95. The van der Waals surface area contributed by atoms with E-state index in [9.17, 15) is 4.79 Å². The predicted octanol–water partition coefficient (Wildman–Crippen LogP) is 3.66. The number of hydrogen-bond acceptors (Lipinski definition) is 5. The minimum Gasteiger partial charge on any atom is -0.425 e. The van der Waals surface area contributed by atoms with E-state index in [-0.39, 0.29) is 17.7 Å². The van der Waals surface area contributed by atoms with Gasteiger partial charge in [0.1, 0.15) is 0 Å². The molecule has 0 unspecified atom stereocenters. The highest BCUT2D eigenvalue weighted by molar-refractivity contribution is 6.30. The van der Waals surface area contributed by atoms with E-state index in [1.54, 1.807) is 24.3 Å². The van der Waals surface area contributed by atoms with Gasteiger partial charge < -0.3 is 9.73 Å². The molecule has 1 aromatic carbocycles. The molecule has 2 aromatic rings. The summed E-state index contributed by atoms with van der Waals surface area (Å²) >= 11 is 5.85. The predicted molar refractivity (Wildman–Crippen MR) is 96.9 cm³/mol. The van der Waals surface area contributed by atoms with E-state index in [1.165, 1.54) is 0 Å². The van der Waals surface area contributed by atoms with E-state index in [0.29, 0.717) is 17.5 Å². The number of nitrogens with one attached hydrogen (secondary N) is 1. The summed E-state index contributed by atoms with van der Waals surface area (Å²) in [6.07, 6.45) is 1.85. The number of hydrogen-bond donors (Lipinski definition) is 1. The van der Waals surface area contributed by atoms with Crippen molar-refractivity contribution in [2.75, 3.05) is 25.0 Å². The van der Waals surface area contributed by atoms with E-state index >= 15 is 0 Å². The first-order valence-electron chi connectivity index (χ1n) is 8.62. The third-order valence-electron chi connectivity index (χ3n) is 4.38. The number of carbonyl (C=O) groups is 1. The van der Waals surface area contributed by atoms with Crippen molar-refractivity contribution in [3.05, 3.63) is 41.1 Å². The SMILES string of the molecule is CC(C)c1nnc(C2CCN(CC(=O)Nc3ccc(Cl)cc3)CC2)o1. The number of benzene rings is 1. The van der Waals surface area contributed by atoms with Crippen molar-refractivity contribution in [2.24, 2.45) is 0 Å². The van der Waals surface area contributed by atoms with Crippen LogP contribution in [-0.4, -0.2) is 40.6 Å². The second-order valence-corrected chi connectivity index (χ2v) is 7.18. The standard InChI is InChI=1S/C18H23ClN4O2/c1-12(2)17-21-22-18(25-17)13-7-9-23(10-8-13)11-16(24)20-15-5-3-14(19)4-6-15/h3-6,12-13H,7-11H2,1-2H3,(H,20,24). The molecular weight excluding hydrogens is 340 g/mol. The van der Waals surface area contributed by atoms with E-state index in [1.807, 2.05) is 13.8 Å². The molecule has 6 nitrogen and oxygen atoms in total. The van der Waals surface area contributed by atoms with Crippen molar-refractivity contribution in [3.63, 3.8) is 0 Å². The Morgan fingerprint density at radius 3 is 2.56 bits per heavy atom. The van der Waals surface area contributed by atoms with Crippen LogP contribution in [0.5, 0.6) is 0 Å². The van der Waals surface area contributed by atoms with E-state index in [0.717, 1.165) is 37.5 Å². The highest BCUT2D eigenvalue weighted by Gasteiger charge is 2.26. The van der Waals surface area contributed by atoms with Crippen LogP contribution in [0.1, 0.15) is 50.3 Å². The van der Waals surface area contributed by atoms with Gasteiger partial charge in [-0.05, 0) is 50.2 Å². The van der Waals surface area contributed by atoms with Crippen molar-refractivity contribution in [1.82, 2.24) is 15.1 Å². The van der Waals surface area contributed by atoms with Crippen molar-refractivity contribution in [1.29, 1.82) is 0 Å². The molecule has 0 spiro atoms. The maximum Gasteiger partial charge on any atom is 0.238 e. The van der Waals surface area contributed by atoms with Crippen molar-refractivity contribution < 1.29 is 9.21 Å². The Kier molecular flexibility index (Phi) is 5.71. The van der Waals surface area contributed by atoms with Gasteiger partial charge in [-0.25, -0.2) is 0 Å². The van der Waals surface area contributed by atoms with Crippen LogP contribution in [0.15, 0.2) is 28.7 Å². The molecular formula is C18H23ClN4O2. The van der Waals surface area contributed by atoms with Crippen LogP contribution >= 0.6 is 11.6 Å². The van der Waals surface area contributed by atoms with Crippen LogP contribution in [-0.2, 0) is 4.79 Å². The zero-order valence-corrected chi connectivity index (χ0v) is 15.3. The molecule has 134 valence electrons. The van der Waals surface area contributed by atoms with Crippen molar-refractivity contribution in [3.8, 4) is 0 Å². The number of rotatable bonds is 5. The minimum atomic E-state index is -0.0133. The van der Waals surface area contributed by atoms with E-state index in [4.69, 9.17) is 16.0 Å². The molecule has 1 amide bonds. The van der Waals surface area contributed by atoms with E-state index in [2.05, 4.69) is 20.4 Å². The van der Waals surface area contributed by atoms with Gasteiger partial charge in [0.2, 0.25) is 17.7 Å². The molecule has 0 atom stereocenters. The molecule has 25 heavy (non-hydrogen) atoms. The van der Waals surface area contributed by atoms with Crippen LogP contribution in [0.4, 0.5) is 5.69 Å². The average Bonchev–Trinajstić information content (AvgIpc) is 3.08. The average molecular weight is 363 g/mol. The van der Waals surface area contributed by atoms with Gasteiger partial charge >= 0.3 is 0 Å². The second-order valence-electron chi connectivity index (χ2n) is 6.74. The fourth-order valence-corrected chi connectivity index (χ4v) is 3.05. The summed E-state index contributed by atoms with van der Waals surface area (Å²) < 4.78 is 5.76. The number of carbonyl (C=O) groups excluding carboxylic acids is 1. The maximum atomic E-state index is 12.2. The number of amides is 1. The fourth-order valence-electron chi connectivity index (χ4n) is 2.92. The van der Waals surface area contributed by atoms with Gasteiger partial charge in [0.25, 0.3) is 0 Å². The normalized spacial score (nSPS) is 16.3. The first kappa shape index (κ1) is 17.9. The summed E-state index contributed by atoms with van der Waals surface area (Å²) in [5.41, 5.74) is 0.761. The number of aromatic nitrogens is 2. The zero-order valence-electron chi connectivity index (χ0n) is 14.5. The van der Waals surface area contributed by atoms with Gasteiger partial charge in [0.05, 0.1) is 6.54 Å². The molecule has 1 aliphatic heterocycles. The van der Waals surface area contributed by atoms with Gasteiger partial charge in [0, 0.05) is 22.5 Å². The Bertz CT molecular complexity index is 706. The lowest BCUT2D eigenvalue weighted by atomic mass is 9.97. The molecule has 3 rings (SSSR count). The fraction of sp³-hybridized carbons (Fsp3) is 0.500. The first-order valence-corrected chi connectivity index (χ1v) is 9.00. The monoisotopic (exact) mass is 362 g/mol. The highest BCUT2D eigenvalue weighted by atomic mass is 35.5. The third-order valence-corrected chi connectivity index (χ3v) is 4.63. The van der Waals surface area contributed by atoms with Crippen LogP contribution in [0.2, 0.25) is 5.02 Å². The molecule has 0 aliphatic carbocycles. The summed E-state index contributed by atoms with van der Waals surface area (Å²) in [6, 6.07) is 7.12. The molecule has 2 heterocycles. The Morgan fingerprint density at radius 2 is 1.96 bits per heavy atom. The Balaban J connectivity index is 1.47. The second kappa shape index (κ2) is 7.97. The molecule has 1 fully saturated rings. The zero-order chi connectivity index (χ0) is 17.8. The largest absolute Gasteiger partial charge is 0.425 e. The number of nitrogens with zero attached hydrogens (tertiary/aromatic N) is 3. The lowest BCUT2D eigenvalue weighted by molar-refractivity contribution is -0.117. The topological polar surface area (TPSA) is 71.3 Å². The molecule has 1 aliphatic rings.